The van der Waals surface area contributed by atoms with Crippen LogP contribution in [0.2, 0.25) is 0 Å². The highest BCUT2D eigenvalue weighted by Gasteiger charge is 2.32. The van der Waals surface area contributed by atoms with E-state index in [4.69, 9.17) is 56.3 Å². The fourth-order valence-corrected chi connectivity index (χ4v) is 13.6. The van der Waals surface area contributed by atoms with Gasteiger partial charge in [0, 0.05) is 72.1 Å². The van der Waals surface area contributed by atoms with Crippen molar-refractivity contribution in [1.29, 1.82) is 0 Å². The van der Waals surface area contributed by atoms with Gasteiger partial charge in [-0.15, -0.1) is 22.7 Å². The topological polar surface area (TPSA) is 351 Å². The lowest BCUT2D eigenvalue weighted by molar-refractivity contribution is -0.116. The number of phosphoric ester groups is 2. The first-order valence-corrected chi connectivity index (χ1v) is 35.6. The number of methoxy groups -OCH3 is 2. The fourth-order valence-electron chi connectivity index (χ4n) is 9.58. The molecule has 5 aromatic carbocycles. The van der Waals surface area contributed by atoms with E-state index in [-0.39, 0.29) is 74.4 Å². The quantitative estimate of drug-likeness (QED) is 0.00897. The number of thiazole rings is 2. The van der Waals surface area contributed by atoms with Crippen LogP contribution < -0.4 is 50.8 Å². The number of phosphoric acid groups is 2. The van der Waals surface area contributed by atoms with E-state index in [9.17, 15) is 36.3 Å². The summed E-state index contributed by atoms with van der Waals surface area (Å²) < 4.78 is 136. The summed E-state index contributed by atoms with van der Waals surface area (Å²) in [5.41, 5.74) is 0.662. The molecule has 2 saturated heterocycles. The molecule has 2 unspecified atom stereocenters. The van der Waals surface area contributed by atoms with Crippen molar-refractivity contribution in [3.05, 3.63) is 143 Å². The maximum absolute atomic E-state index is 13.9. The smallest absolute Gasteiger partial charge is 0.474 e. The first kappa shape index (κ1) is 75.4. The molecule has 8 N–H and O–H groups in total. The Hall–Kier alpha value is -8.76. The predicted octanol–water partition coefficient (Wildman–Crippen LogP) is 12.3. The van der Waals surface area contributed by atoms with E-state index in [2.05, 4.69) is 61.8 Å². The zero-order chi connectivity index (χ0) is 71.0. The first-order valence-electron chi connectivity index (χ1n) is 31.0. The van der Waals surface area contributed by atoms with Gasteiger partial charge in [-0.1, -0.05) is 12.1 Å². The third-order valence-electron chi connectivity index (χ3n) is 14.5. The Labute approximate surface area is 579 Å². The van der Waals surface area contributed by atoms with Crippen LogP contribution in [0, 0.1) is 23.3 Å². The van der Waals surface area contributed by atoms with Gasteiger partial charge in [-0.3, -0.25) is 36.7 Å². The van der Waals surface area contributed by atoms with Gasteiger partial charge in [0.25, 0.3) is 0 Å². The standard InChI is InChI=1S/2C29H33F2N6O7PS.C6H6O2/c2*1-40-24-14-20-23(15-25(24)42-11-4-12-43-45(39,41-2)44-18-7-9-32-10-8-18)34-17-35-28(20)37-29-33-16-19(46-29)13-26(38)36-22-6-3-5-21(30)27(22)31;7-5-1-2-6(8)4-3-5/h2*3,5-6,14-18,32H,4,7-13H2,1-2H3,(H,36,38)(H,33,34,35,37);1-4,7-8H. The number of carbonyl (C=O) groups is 2. The number of anilines is 6. The highest BCUT2D eigenvalue weighted by atomic mass is 32.1. The first-order chi connectivity index (χ1) is 48.3. The van der Waals surface area contributed by atoms with E-state index in [0.29, 0.717) is 89.3 Å². The molecule has 9 aromatic rings. The van der Waals surface area contributed by atoms with Gasteiger partial charge in [0.05, 0.1) is 88.1 Å². The Kier molecular flexibility index (Phi) is 28.0. The summed E-state index contributed by atoms with van der Waals surface area (Å²) in [4.78, 5) is 52.0. The molecule has 2 atom stereocenters. The summed E-state index contributed by atoms with van der Waals surface area (Å²) in [5.74, 6) is -2.40. The largest absolute Gasteiger partial charge is 0.508 e. The molecule has 11 rings (SSSR count). The number of nitrogens with zero attached hydrogens (tertiary/aromatic N) is 6. The van der Waals surface area contributed by atoms with Gasteiger partial charge in [-0.05, 0) is 113 Å². The molecule has 2 amide bonds. The van der Waals surface area contributed by atoms with Crippen LogP contribution in [0.1, 0.15) is 48.3 Å². The summed E-state index contributed by atoms with van der Waals surface area (Å²) in [6, 6.07) is 19.7. The van der Waals surface area contributed by atoms with Gasteiger partial charge >= 0.3 is 15.6 Å². The monoisotopic (exact) mass is 1470 g/mol. The molecule has 0 bridgehead atoms. The number of amides is 2. The minimum Gasteiger partial charge on any atom is -0.508 e. The molecule has 28 nitrogen and oxygen atoms in total. The van der Waals surface area contributed by atoms with E-state index in [1.54, 1.807) is 24.3 Å². The van der Waals surface area contributed by atoms with Crippen LogP contribution in [-0.4, -0.2) is 145 Å². The van der Waals surface area contributed by atoms with Gasteiger partial charge in [0.15, 0.2) is 56.5 Å². The number of phenolic OH excluding ortho intramolecular Hbond substituents is 2. The van der Waals surface area contributed by atoms with Crippen LogP contribution >= 0.6 is 38.3 Å². The Morgan fingerprint density at radius 3 is 1.32 bits per heavy atom. The Balaban J connectivity index is 0.000000209. The molecule has 4 aromatic heterocycles. The van der Waals surface area contributed by atoms with Crippen molar-refractivity contribution in [3.63, 3.8) is 0 Å². The number of benzene rings is 5. The van der Waals surface area contributed by atoms with Crippen LogP contribution in [0.15, 0.2) is 110 Å². The summed E-state index contributed by atoms with van der Waals surface area (Å²) >= 11 is 2.41. The molecule has 36 heteroatoms. The summed E-state index contributed by atoms with van der Waals surface area (Å²) in [6.07, 6.45) is 8.98. The van der Waals surface area contributed by atoms with Crippen molar-refractivity contribution in [2.75, 3.05) is 102 Å². The zero-order valence-corrected chi connectivity index (χ0v) is 57.8. The molecule has 0 aliphatic carbocycles. The molecule has 2 aliphatic rings. The number of piperidine rings is 2. The van der Waals surface area contributed by atoms with Gasteiger partial charge < -0.3 is 61.1 Å². The molecule has 6 heterocycles. The van der Waals surface area contributed by atoms with Crippen LogP contribution in [0.5, 0.6) is 34.5 Å². The number of halogens is 4. The van der Waals surface area contributed by atoms with Crippen LogP contribution in [0.25, 0.3) is 21.8 Å². The second-order valence-corrected chi connectivity index (χ2v) is 27.3. The van der Waals surface area contributed by atoms with Crippen molar-refractivity contribution in [2.45, 2.75) is 63.6 Å². The maximum atomic E-state index is 13.9. The van der Waals surface area contributed by atoms with Crippen molar-refractivity contribution >= 4 is 105 Å². The van der Waals surface area contributed by atoms with E-state index in [1.165, 1.54) is 125 Å². The Morgan fingerprint density at radius 1 is 0.540 bits per heavy atom. The third kappa shape index (κ3) is 22.1. The van der Waals surface area contributed by atoms with Crippen molar-refractivity contribution in [2.24, 2.45) is 0 Å². The molecule has 0 radical (unpaired) electrons. The number of aromatic hydroxyl groups is 2. The molecule has 100 heavy (non-hydrogen) atoms. The summed E-state index contributed by atoms with van der Waals surface area (Å²) in [6.45, 7) is 3.81. The zero-order valence-electron chi connectivity index (χ0n) is 54.4. The molecular weight excluding hydrogens is 1390 g/mol. The maximum Gasteiger partial charge on any atom is 0.474 e. The predicted molar refractivity (Wildman–Crippen MR) is 365 cm³/mol. The Morgan fingerprint density at radius 2 is 0.940 bits per heavy atom. The second kappa shape index (κ2) is 37.1. The number of ether oxygens (including phenoxy) is 4. The molecule has 0 saturated carbocycles. The number of aromatic nitrogens is 6. The Bertz CT molecular complexity index is 4030. The number of rotatable bonds is 30. The fraction of sp³-hybridized carbons (Fsp3) is 0.344. The molecule has 2 aliphatic heterocycles. The number of hydrogen-bond donors (Lipinski definition) is 8. The minimum absolute atomic E-state index is 0.0896. The summed E-state index contributed by atoms with van der Waals surface area (Å²) in [5, 5.41) is 36.9. The third-order valence-corrected chi connectivity index (χ3v) is 19.4. The minimum atomic E-state index is -3.67. The number of carbonyl (C=O) groups excluding carboxylic acids is 2. The van der Waals surface area contributed by atoms with Crippen LogP contribution in [0.4, 0.5) is 50.8 Å². The average Bonchev–Trinajstić information content (AvgIpc) is 1.04. The molecule has 534 valence electrons. The normalized spacial score (nSPS) is 14.5. The van der Waals surface area contributed by atoms with Gasteiger partial charge in [0.1, 0.15) is 35.8 Å². The van der Waals surface area contributed by atoms with Gasteiger partial charge in [-0.25, -0.2) is 56.6 Å². The molecule has 0 spiro atoms. The van der Waals surface area contributed by atoms with Gasteiger partial charge in [-0.2, -0.15) is 0 Å². The lowest BCUT2D eigenvalue weighted by atomic mass is 10.1. The van der Waals surface area contributed by atoms with E-state index < -0.39 is 50.7 Å². The number of phenols is 2. The van der Waals surface area contributed by atoms with Crippen molar-refractivity contribution < 1.29 is 92.6 Å². The van der Waals surface area contributed by atoms with Crippen LogP contribution in [0.3, 0.4) is 0 Å². The van der Waals surface area contributed by atoms with Crippen molar-refractivity contribution in [1.82, 2.24) is 40.5 Å². The molecular formula is C64H72F4N12O16P2S2. The number of fused-ring (bicyclic) bond motifs is 2. The summed E-state index contributed by atoms with van der Waals surface area (Å²) in [7, 11) is -1.72. The number of nitrogens with one attached hydrogen (secondary N) is 6. The van der Waals surface area contributed by atoms with E-state index in [1.807, 2.05) is 0 Å². The van der Waals surface area contributed by atoms with Crippen molar-refractivity contribution in [3.8, 4) is 34.5 Å². The van der Waals surface area contributed by atoms with E-state index in [0.717, 1.165) is 64.0 Å². The molecule has 2 fully saturated rings. The second-order valence-electron chi connectivity index (χ2n) is 21.6. The van der Waals surface area contributed by atoms with E-state index >= 15 is 0 Å². The average molecular weight is 1470 g/mol. The highest BCUT2D eigenvalue weighted by Crippen LogP contribution is 2.52. The number of hydrogen-bond acceptors (Lipinski definition) is 28. The lowest BCUT2D eigenvalue weighted by Crippen LogP contribution is -2.32. The SMILES string of the molecule is COc1cc2c(Nc3ncc(CC(=O)Nc4cccc(F)c4F)s3)ncnc2cc1OCCCOP(=O)(OC)OC1CCNCC1.COc1cc2c(Nc3ncc(CC(=O)Nc4cccc(F)c4F)s3)ncnc2cc1OCCCOP(=O)(OC)OC1CCNCC1.Oc1ccc(O)cc1. The highest BCUT2D eigenvalue weighted by molar-refractivity contribution is 7.48. The lowest BCUT2D eigenvalue weighted by Gasteiger charge is -2.26. The van der Waals surface area contributed by atoms with Gasteiger partial charge in [0.2, 0.25) is 11.8 Å². The van der Waals surface area contributed by atoms with Crippen LogP contribution in [-0.2, 0) is 58.7 Å².